The van der Waals surface area contributed by atoms with E-state index in [0.29, 0.717) is 25.4 Å². The zero-order valence-corrected chi connectivity index (χ0v) is 9.70. The summed E-state index contributed by atoms with van der Waals surface area (Å²) >= 11 is 0. The first kappa shape index (κ1) is 11.1. The third kappa shape index (κ3) is 1.64. The first-order valence-corrected chi connectivity index (χ1v) is 5.77. The number of nitrogens with zero attached hydrogens (tertiary/aromatic N) is 2. The van der Waals surface area contributed by atoms with Crippen molar-refractivity contribution in [2.24, 2.45) is 0 Å². The summed E-state index contributed by atoms with van der Waals surface area (Å²) in [4.78, 5) is 10.6. The van der Waals surface area contributed by atoms with Gasteiger partial charge >= 0.3 is 0 Å². The van der Waals surface area contributed by atoms with Gasteiger partial charge in [0.15, 0.2) is 0 Å². The maximum Gasteiger partial charge on any atom is 0.280 e. The lowest BCUT2D eigenvalue weighted by molar-refractivity contribution is 0.109. The van der Waals surface area contributed by atoms with E-state index in [1.54, 1.807) is 0 Å². The van der Waals surface area contributed by atoms with Crippen LogP contribution in [-0.2, 0) is 10.2 Å². The number of carbonyl (C=O) groups is 1. The Kier molecular flexibility index (Phi) is 2.68. The van der Waals surface area contributed by atoms with Gasteiger partial charge in [-0.2, -0.15) is 0 Å². The molecule has 1 saturated heterocycles. The predicted octanol–water partition coefficient (Wildman–Crippen LogP) is 1.59. The Morgan fingerprint density at radius 1 is 1.22 bits per heavy atom. The lowest BCUT2D eigenvalue weighted by Gasteiger charge is -2.23. The van der Waals surface area contributed by atoms with E-state index in [4.69, 9.17) is 9.15 Å². The molecule has 0 bridgehead atoms. The molecule has 1 aromatic carbocycles. The number of aromatic nitrogens is 2. The van der Waals surface area contributed by atoms with Crippen LogP contribution in [-0.4, -0.2) is 29.7 Å². The second-order valence-corrected chi connectivity index (χ2v) is 4.31. The van der Waals surface area contributed by atoms with E-state index in [1.807, 2.05) is 30.3 Å². The Balaban J connectivity index is 2.09. The van der Waals surface area contributed by atoms with Gasteiger partial charge in [0, 0.05) is 6.61 Å². The topological polar surface area (TPSA) is 65.2 Å². The zero-order valence-electron chi connectivity index (χ0n) is 9.70. The first-order chi connectivity index (χ1) is 8.85. The Labute approximate surface area is 104 Å². The van der Waals surface area contributed by atoms with Gasteiger partial charge in [0.25, 0.3) is 5.89 Å². The molecule has 0 saturated carbocycles. The van der Waals surface area contributed by atoms with E-state index in [-0.39, 0.29) is 5.89 Å². The van der Waals surface area contributed by atoms with Crippen LogP contribution in [0.5, 0.6) is 0 Å². The molecule has 1 aliphatic heterocycles. The minimum atomic E-state index is -0.421. The molecule has 1 aromatic heterocycles. The number of benzene rings is 1. The fourth-order valence-electron chi connectivity index (χ4n) is 2.32. The highest BCUT2D eigenvalue weighted by atomic mass is 16.5. The molecule has 0 N–H and O–H groups in total. The van der Waals surface area contributed by atoms with E-state index in [9.17, 15) is 4.79 Å². The molecule has 92 valence electrons. The molecule has 0 spiro atoms. The number of hydrogen-bond donors (Lipinski definition) is 0. The molecular formula is C13H12N2O3. The van der Waals surface area contributed by atoms with Gasteiger partial charge in [-0.1, -0.05) is 30.3 Å². The zero-order chi connectivity index (χ0) is 12.4. The number of carbonyl (C=O) groups excluding carboxylic acids is 1. The lowest BCUT2D eigenvalue weighted by atomic mass is 9.80. The highest BCUT2D eigenvalue weighted by Gasteiger charge is 2.43. The van der Waals surface area contributed by atoms with E-state index < -0.39 is 5.41 Å². The van der Waals surface area contributed by atoms with Crippen molar-refractivity contribution in [1.29, 1.82) is 0 Å². The third-order valence-electron chi connectivity index (χ3n) is 3.30. The van der Waals surface area contributed by atoms with Crippen molar-refractivity contribution in [3.05, 3.63) is 47.7 Å². The molecule has 3 rings (SSSR count). The molecule has 1 aliphatic rings. The fourth-order valence-corrected chi connectivity index (χ4v) is 2.32. The van der Waals surface area contributed by atoms with Crippen LogP contribution in [0.4, 0.5) is 0 Å². The van der Waals surface area contributed by atoms with Crippen LogP contribution >= 0.6 is 0 Å². The fraction of sp³-hybridized carbons (Fsp3) is 0.308. The van der Waals surface area contributed by atoms with Gasteiger partial charge in [-0.25, -0.2) is 0 Å². The summed E-state index contributed by atoms with van der Waals surface area (Å²) in [6, 6.07) is 9.91. The molecule has 2 heterocycles. The van der Waals surface area contributed by atoms with Gasteiger partial charge < -0.3 is 9.15 Å². The van der Waals surface area contributed by atoms with Crippen LogP contribution in [0.3, 0.4) is 0 Å². The summed E-state index contributed by atoms with van der Waals surface area (Å²) in [6.07, 6.45) is 1.34. The van der Waals surface area contributed by atoms with Crippen molar-refractivity contribution in [3.63, 3.8) is 0 Å². The second-order valence-electron chi connectivity index (χ2n) is 4.31. The molecule has 0 aliphatic carbocycles. The van der Waals surface area contributed by atoms with Crippen molar-refractivity contribution in [2.45, 2.75) is 11.8 Å². The van der Waals surface area contributed by atoms with Crippen molar-refractivity contribution >= 4 is 6.29 Å². The van der Waals surface area contributed by atoms with Crippen molar-refractivity contribution < 1.29 is 13.9 Å². The second kappa shape index (κ2) is 4.34. The number of hydrogen-bond acceptors (Lipinski definition) is 5. The van der Waals surface area contributed by atoms with Crippen LogP contribution in [0.15, 0.2) is 34.7 Å². The van der Waals surface area contributed by atoms with E-state index in [2.05, 4.69) is 10.2 Å². The predicted molar refractivity (Wildman–Crippen MR) is 62.3 cm³/mol. The van der Waals surface area contributed by atoms with Crippen LogP contribution < -0.4 is 0 Å². The van der Waals surface area contributed by atoms with E-state index in [1.165, 1.54) is 0 Å². The van der Waals surface area contributed by atoms with Crippen molar-refractivity contribution in [1.82, 2.24) is 10.2 Å². The van der Waals surface area contributed by atoms with Gasteiger partial charge in [-0.05, 0) is 12.0 Å². The lowest BCUT2D eigenvalue weighted by Crippen LogP contribution is -2.28. The summed E-state index contributed by atoms with van der Waals surface area (Å²) in [5.41, 5.74) is 0.652. The van der Waals surface area contributed by atoms with Gasteiger partial charge in [-0.15, -0.1) is 10.2 Å². The smallest absolute Gasteiger partial charge is 0.280 e. The minimum absolute atomic E-state index is 0.00667. The van der Waals surface area contributed by atoms with E-state index >= 15 is 0 Å². The summed E-state index contributed by atoms with van der Waals surface area (Å²) < 4.78 is 10.9. The number of aldehydes is 1. The average Bonchev–Trinajstić information content (AvgIpc) is 3.09. The molecule has 5 nitrogen and oxygen atoms in total. The molecule has 18 heavy (non-hydrogen) atoms. The van der Waals surface area contributed by atoms with Gasteiger partial charge in [0.05, 0.1) is 12.0 Å². The average molecular weight is 244 g/mol. The van der Waals surface area contributed by atoms with Crippen LogP contribution in [0.25, 0.3) is 0 Å². The number of ether oxygens (including phenoxy) is 1. The van der Waals surface area contributed by atoms with Crippen LogP contribution in [0, 0.1) is 0 Å². The maximum absolute atomic E-state index is 10.6. The molecule has 1 unspecified atom stereocenters. The van der Waals surface area contributed by atoms with Crippen LogP contribution in [0.2, 0.25) is 0 Å². The van der Waals surface area contributed by atoms with Gasteiger partial charge in [0.2, 0.25) is 12.2 Å². The molecule has 2 aromatic rings. The Morgan fingerprint density at radius 3 is 2.67 bits per heavy atom. The highest BCUT2D eigenvalue weighted by Crippen LogP contribution is 2.38. The molecule has 0 amide bonds. The third-order valence-corrected chi connectivity index (χ3v) is 3.30. The molecular weight excluding hydrogens is 232 g/mol. The molecule has 0 radical (unpaired) electrons. The Hall–Kier alpha value is -2.01. The van der Waals surface area contributed by atoms with Crippen LogP contribution in [0.1, 0.15) is 28.6 Å². The molecule has 1 fully saturated rings. The Morgan fingerprint density at radius 2 is 2.06 bits per heavy atom. The normalized spacial score (nSPS) is 23.1. The number of rotatable bonds is 3. The summed E-state index contributed by atoms with van der Waals surface area (Å²) in [5, 5.41) is 7.70. The standard InChI is InChI=1S/C13H12N2O3/c16-8-11-14-15-12(18-11)13(6-7-17-9-13)10-4-2-1-3-5-10/h1-5,8H,6-7,9H2. The summed E-state index contributed by atoms with van der Waals surface area (Å²) in [7, 11) is 0. The maximum atomic E-state index is 10.6. The van der Waals surface area contributed by atoms with E-state index in [0.717, 1.165) is 12.0 Å². The quantitative estimate of drug-likeness (QED) is 0.767. The minimum Gasteiger partial charge on any atom is -0.417 e. The highest BCUT2D eigenvalue weighted by molar-refractivity contribution is 5.66. The monoisotopic (exact) mass is 244 g/mol. The van der Waals surface area contributed by atoms with Gasteiger partial charge in [0.1, 0.15) is 0 Å². The summed E-state index contributed by atoms with van der Waals surface area (Å²) in [6.45, 7) is 1.14. The van der Waals surface area contributed by atoms with Gasteiger partial charge in [-0.3, -0.25) is 4.79 Å². The Bertz CT molecular complexity index is 544. The van der Waals surface area contributed by atoms with Crippen molar-refractivity contribution in [2.75, 3.05) is 13.2 Å². The SMILES string of the molecule is O=Cc1nnc(C2(c3ccccc3)CCOC2)o1. The first-order valence-electron chi connectivity index (χ1n) is 5.77. The van der Waals surface area contributed by atoms with Crippen molar-refractivity contribution in [3.8, 4) is 0 Å². The molecule has 5 heteroatoms. The largest absolute Gasteiger partial charge is 0.417 e. The molecule has 1 atom stereocenters. The summed E-state index contributed by atoms with van der Waals surface area (Å²) in [5.74, 6) is 0.459.